The normalized spacial score (nSPS) is 18.1. The molecule has 20 heavy (non-hydrogen) atoms. The zero-order valence-corrected chi connectivity index (χ0v) is 11.8. The number of amides is 1. The molecule has 0 bridgehead atoms. The SMILES string of the molecule is O=C(NC1(CO)CCCCCC1)OCc1ccccc1. The summed E-state index contributed by atoms with van der Waals surface area (Å²) in [5, 5.41) is 12.5. The van der Waals surface area contributed by atoms with E-state index in [1.165, 1.54) is 12.8 Å². The van der Waals surface area contributed by atoms with E-state index in [-0.39, 0.29) is 13.2 Å². The minimum absolute atomic E-state index is 0.0204. The summed E-state index contributed by atoms with van der Waals surface area (Å²) in [6.45, 7) is 0.238. The van der Waals surface area contributed by atoms with Crippen molar-refractivity contribution in [2.24, 2.45) is 0 Å². The maximum atomic E-state index is 11.9. The Hall–Kier alpha value is -1.55. The topological polar surface area (TPSA) is 58.6 Å². The summed E-state index contributed by atoms with van der Waals surface area (Å²) in [7, 11) is 0. The summed E-state index contributed by atoms with van der Waals surface area (Å²) in [6, 6.07) is 9.59. The van der Waals surface area contributed by atoms with Crippen LogP contribution in [0.1, 0.15) is 44.1 Å². The molecule has 1 aliphatic carbocycles. The molecule has 0 radical (unpaired) electrons. The van der Waals surface area contributed by atoms with Crippen molar-refractivity contribution in [3.05, 3.63) is 35.9 Å². The average molecular weight is 277 g/mol. The van der Waals surface area contributed by atoms with E-state index in [4.69, 9.17) is 4.74 Å². The second-order valence-corrected chi connectivity index (χ2v) is 5.54. The van der Waals surface area contributed by atoms with Crippen LogP contribution >= 0.6 is 0 Å². The number of ether oxygens (including phenoxy) is 1. The fourth-order valence-corrected chi connectivity index (χ4v) is 2.70. The number of alkyl carbamates (subject to hydrolysis) is 1. The Kier molecular flexibility index (Phi) is 5.41. The van der Waals surface area contributed by atoms with E-state index in [0.29, 0.717) is 0 Å². The van der Waals surface area contributed by atoms with Gasteiger partial charge in [-0.2, -0.15) is 0 Å². The van der Waals surface area contributed by atoms with Crippen molar-refractivity contribution in [3.63, 3.8) is 0 Å². The van der Waals surface area contributed by atoms with Gasteiger partial charge in [0.1, 0.15) is 6.61 Å². The lowest BCUT2D eigenvalue weighted by molar-refractivity contribution is 0.0995. The fourth-order valence-electron chi connectivity index (χ4n) is 2.70. The van der Waals surface area contributed by atoms with E-state index in [9.17, 15) is 9.90 Å². The summed E-state index contributed by atoms with van der Waals surface area (Å²) >= 11 is 0. The van der Waals surface area contributed by atoms with Crippen LogP contribution in [0, 0.1) is 0 Å². The largest absolute Gasteiger partial charge is 0.445 e. The van der Waals surface area contributed by atoms with Crippen LogP contribution < -0.4 is 5.32 Å². The molecule has 1 aromatic rings. The highest BCUT2D eigenvalue weighted by molar-refractivity contribution is 5.68. The van der Waals surface area contributed by atoms with E-state index in [1.54, 1.807) is 0 Å². The minimum Gasteiger partial charge on any atom is -0.445 e. The predicted octanol–water partition coefficient (Wildman–Crippen LogP) is 3.00. The van der Waals surface area contributed by atoms with E-state index >= 15 is 0 Å². The molecule has 0 aliphatic heterocycles. The monoisotopic (exact) mass is 277 g/mol. The molecule has 0 unspecified atom stereocenters. The molecule has 2 rings (SSSR count). The highest BCUT2D eigenvalue weighted by Crippen LogP contribution is 2.26. The number of rotatable bonds is 4. The zero-order valence-electron chi connectivity index (χ0n) is 11.8. The third-order valence-electron chi connectivity index (χ3n) is 3.94. The molecule has 1 aliphatic rings. The van der Waals surface area contributed by atoms with Gasteiger partial charge in [0, 0.05) is 0 Å². The van der Waals surface area contributed by atoms with Crippen LogP contribution in [0.4, 0.5) is 4.79 Å². The third kappa shape index (κ3) is 4.23. The predicted molar refractivity (Wildman–Crippen MR) is 77.3 cm³/mol. The lowest BCUT2D eigenvalue weighted by Crippen LogP contribution is -2.51. The third-order valence-corrected chi connectivity index (χ3v) is 3.94. The van der Waals surface area contributed by atoms with Crippen molar-refractivity contribution in [1.82, 2.24) is 5.32 Å². The maximum absolute atomic E-state index is 11.9. The summed E-state index contributed by atoms with van der Waals surface area (Å²) in [4.78, 5) is 11.9. The average Bonchev–Trinajstić information content (AvgIpc) is 2.72. The van der Waals surface area contributed by atoms with Crippen molar-refractivity contribution in [2.45, 2.75) is 50.7 Å². The highest BCUT2D eigenvalue weighted by Gasteiger charge is 2.32. The molecule has 1 aromatic carbocycles. The molecule has 1 saturated carbocycles. The van der Waals surface area contributed by atoms with Crippen LogP contribution in [0.3, 0.4) is 0 Å². The van der Waals surface area contributed by atoms with Crippen LogP contribution in [-0.2, 0) is 11.3 Å². The van der Waals surface area contributed by atoms with E-state index in [2.05, 4.69) is 5.32 Å². The molecular weight excluding hydrogens is 254 g/mol. The lowest BCUT2D eigenvalue weighted by atomic mass is 9.91. The molecule has 0 heterocycles. The number of aliphatic hydroxyl groups is 1. The van der Waals surface area contributed by atoms with E-state index in [0.717, 1.165) is 31.2 Å². The lowest BCUT2D eigenvalue weighted by Gasteiger charge is -2.31. The first kappa shape index (κ1) is 14.9. The van der Waals surface area contributed by atoms with Crippen LogP contribution in [0.5, 0.6) is 0 Å². The van der Waals surface area contributed by atoms with Gasteiger partial charge in [-0.1, -0.05) is 56.0 Å². The van der Waals surface area contributed by atoms with Gasteiger partial charge in [0.05, 0.1) is 12.1 Å². The van der Waals surface area contributed by atoms with E-state index < -0.39 is 11.6 Å². The second kappa shape index (κ2) is 7.29. The number of hydrogen-bond acceptors (Lipinski definition) is 3. The maximum Gasteiger partial charge on any atom is 0.407 e. The molecule has 1 fully saturated rings. The van der Waals surface area contributed by atoms with Crippen LogP contribution in [0.15, 0.2) is 30.3 Å². The number of aliphatic hydroxyl groups excluding tert-OH is 1. The first-order valence-electron chi connectivity index (χ1n) is 7.34. The zero-order chi connectivity index (χ0) is 14.3. The molecule has 0 saturated heterocycles. The van der Waals surface area contributed by atoms with Gasteiger partial charge in [0.15, 0.2) is 0 Å². The van der Waals surface area contributed by atoms with Crippen molar-refractivity contribution >= 4 is 6.09 Å². The van der Waals surface area contributed by atoms with Gasteiger partial charge in [-0.3, -0.25) is 0 Å². The number of carbonyl (C=O) groups is 1. The van der Waals surface area contributed by atoms with Gasteiger partial charge in [0.2, 0.25) is 0 Å². The minimum atomic E-state index is -0.496. The number of hydrogen-bond donors (Lipinski definition) is 2. The smallest absolute Gasteiger partial charge is 0.407 e. The summed E-state index contributed by atoms with van der Waals surface area (Å²) in [5.74, 6) is 0. The molecular formula is C16H23NO3. The van der Waals surface area contributed by atoms with Crippen LogP contribution in [0.2, 0.25) is 0 Å². The summed E-state index contributed by atoms with van der Waals surface area (Å²) in [6.07, 6.45) is 5.63. The number of benzene rings is 1. The highest BCUT2D eigenvalue weighted by atomic mass is 16.5. The molecule has 0 atom stereocenters. The molecule has 2 N–H and O–H groups in total. The Morgan fingerprint density at radius 1 is 1.15 bits per heavy atom. The van der Waals surface area contributed by atoms with Crippen molar-refractivity contribution < 1.29 is 14.6 Å². The molecule has 110 valence electrons. The van der Waals surface area contributed by atoms with Crippen LogP contribution in [-0.4, -0.2) is 23.3 Å². The van der Waals surface area contributed by atoms with Crippen molar-refractivity contribution in [1.29, 1.82) is 0 Å². The Labute approximate surface area is 120 Å². The van der Waals surface area contributed by atoms with Gasteiger partial charge in [-0.25, -0.2) is 4.79 Å². The van der Waals surface area contributed by atoms with Gasteiger partial charge >= 0.3 is 6.09 Å². The van der Waals surface area contributed by atoms with Crippen LogP contribution in [0.25, 0.3) is 0 Å². The van der Waals surface area contributed by atoms with Gasteiger partial charge in [-0.05, 0) is 18.4 Å². The van der Waals surface area contributed by atoms with Gasteiger partial charge in [0.25, 0.3) is 0 Å². The molecule has 4 heteroatoms. The van der Waals surface area contributed by atoms with Crippen molar-refractivity contribution in [3.8, 4) is 0 Å². The molecule has 0 aromatic heterocycles. The van der Waals surface area contributed by atoms with Gasteiger partial charge in [-0.15, -0.1) is 0 Å². The molecule has 4 nitrogen and oxygen atoms in total. The number of nitrogens with one attached hydrogen (secondary N) is 1. The second-order valence-electron chi connectivity index (χ2n) is 5.54. The number of carbonyl (C=O) groups excluding carboxylic acids is 1. The molecule has 0 spiro atoms. The quantitative estimate of drug-likeness (QED) is 0.832. The Bertz CT molecular complexity index is 411. The first-order valence-corrected chi connectivity index (χ1v) is 7.34. The summed E-state index contributed by atoms with van der Waals surface area (Å²) < 4.78 is 5.24. The fraction of sp³-hybridized carbons (Fsp3) is 0.562. The Morgan fingerprint density at radius 3 is 2.40 bits per heavy atom. The van der Waals surface area contributed by atoms with Crippen molar-refractivity contribution in [2.75, 3.05) is 6.61 Å². The standard InChI is InChI=1S/C16H23NO3/c18-13-16(10-6-1-2-7-11-16)17-15(19)20-12-14-8-4-3-5-9-14/h3-5,8-9,18H,1-2,6-7,10-13H2,(H,17,19). The Balaban J connectivity index is 1.85. The Morgan fingerprint density at radius 2 is 1.80 bits per heavy atom. The molecule has 1 amide bonds. The van der Waals surface area contributed by atoms with Gasteiger partial charge < -0.3 is 15.2 Å². The van der Waals surface area contributed by atoms with E-state index in [1.807, 2.05) is 30.3 Å². The first-order chi connectivity index (χ1) is 9.74. The summed E-state index contributed by atoms with van der Waals surface area (Å²) in [5.41, 5.74) is 0.464.